The Labute approximate surface area is 177 Å². The van der Waals surface area contributed by atoms with Gasteiger partial charge in [-0.25, -0.2) is 9.37 Å². The van der Waals surface area contributed by atoms with Gasteiger partial charge in [0.1, 0.15) is 5.52 Å². The van der Waals surface area contributed by atoms with Gasteiger partial charge in [0.25, 0.3) is 5.56 Å². The van der Waals surface area contributed by atoms with E-state index < -0.39 is 11.4 Å². The van der Waals surface area contributed by atoms with Gasteiger partial charge in [-0.1, -0.05) is 12.1 Å². The quantitative estimate of drug-likeness (QED) is 0.528. The van der Waals surface area contributed by atoms with E-state index in [2.05, 4.69) is 25.4 Å². The Morgan fingerprint density at radius 1 is 1.16 bits per heavy atom. The van der Waals surface area contributed by atoms with Gasteiger partial charge in [0.15, 0.2) is 11.6 Å². The minimum atomic E-state index is -0.508. The second-order valence-electron chi connectivity index (χ2n) is 7.35. The lowest BCUT2D eigenvalue weighted by Gasteiger charge is -2.30. The van der Waals surface area contributed by atoms with Gasteiger partial charge in [0.05, 0.1) is 36.3 Å². The number of benzene rings is 2. The third-order valence-corrected chi connectivity index (χ3v) is 5.49. The van der Waals surface area contributed by atoms with E-state index in [9.17, 15) is 4.79 Å². The molecule has 1 fully saturated rings. The molecule has 0 aliphatic carbocycles. The van der Waals surface area contributed by atoms with Crippen molar-refractivity contribution < 1.29 is 9.13 Å². The minimum Gasteiger partial charge on any atom is -0.378 e. The molecule has 158 valence electrons. The monoisotopic (exact) mass is 420 g/mol. The number of fused-ring (bicyclic) bond motifs is 1. The molecule has 2 aromatic carbocycles. The fraction of sp³-hybridized carbons (Fsp3) is 0.227. The molecule has 0 radical (unpaired) electrons. The molecule has 2 N–H and O–H groups in total. The lowest BCUT2D eigenvalue weighted by molar-refractivity contribution is 0.123. The largest absolute Gasteiger partial charge is 0.378 e. The molecule has 0 saturated carbocycles. The van der Waals surface area contributed by atoms with Gasteiger partial charge >= 0.3 is 0 Å². The van der Waals surface area contributed by atoms with Crippen LogP contribution in [0.15, 0.2) is 53.6 Å². The average Bonchev–Trinajstić information content (AvgIpc) is 3.33. The van der Waals surface area contributed by atoms with Crippen molar-refractivity contribution in [3.63, 3.8) is 0 Å². The maximum Gasteiger partial charge on any atom is 0.293 e. The van der Waals surface area contributed by atoms with Crippen LogP contribution in [0.2, 0.25) is 0 Å². The maximum absolute atomic E-state index is 15.3. The Balaban J connectivity index is 1.57. The molecule has 3 heterocycles. The molecule has 0 bridgehead atoms. The van der Waals surface area contributed by atoms with Gasteiger partial charge in [-0.2, -0.15) is 5.10 Å². The number of aromatic amines is 1. The van der Waals surface area contributed by atoms with Crippen LogP contribution >= 0.6 is 0 Å². The molecule has 2 aromatic heterocycles. The SMILES string of the molecule is Cn1c(=O)c(Nc2ccccc2N2CCOCC2)nc2ccc(-c3cn[nH]c3)c(F)c21. The van der Waals surface area contributed by atoms with Gasteiger partial charge in [0.2, 0.25) is 0 Å². The fourth-order valence-electron chi connectivity index (χ4n) is 3.88. The van der Waals surface area contributed by atoms with Crippen LogP contribution in [0.1, 0.15) is 0 Å². The fourth-order valence-corrected chi connectivity index (χ4v) is 3.88. The molecule has 8 nitrogen and oxygen atoms in total. The molecule has 4 aromatic rings. The zero-order valence-electron chi connectivity index (χ0n) is 16.9. The summed E-state index contributed by atoms with van der Waals surface area (Å²) in [7, 11) is 1.55. The lowest BCUT2D eigenvalue weighted by Crippen LogP contribution is -2.36. The number of anilines is 3. The number of hydrogen-bond donors (Lipinski definition) is 2. The zero-order chi connectivity index (χ0) is 21.4. The summed E-state index contributed by atoms with van der Waals surface area (Å²) in [5.41, 5.74) is 2.83. The van der Waals surface area contributed by atoms with E-state index in [1.165, 1.54) is 10.8 Å². The number of rotatable bonds is 4. The highest BCUT2D eigenvalue weighted by Crippen LogP contribution is 2.30. The van der Waals surface area contributed by atoms with E-state index in [1.807, 2.05) is 24.3 Å². The number of aromatic nitrogens is 4. The number of ether oxygens (including phenoxy) is 1. The van der Waals surface area contributed by atoms with E-state index in [-0.39, 0.29) is 11.3 Å². The first-order valence-electron chi connectivity index (χ1n) is 10.0. The van der Waals surface area contributed by atoms with Gasteiger partial charge in [-0.3, -0.25) is 9.89 Å². The molecule has 0 spiro atoms. The molecular formula is C22H21FN6O2. The summed E-state index contributed by atoms with van der Waals surface area (Å²) >= 11 is 0. The van der Waals surface area contributed by atoms with Crippen LogP contribution in [-0.2, 0) is 11.8 Å². The zero-order valence-corrected chi connectivity index (χ0v) is 16.9. The summed E-state index contributed by atoms with van der Waals surface area (Å²) in [6.45, 7) is 2.85. The van der Waals surface area contributed by atoms with Crippen molar-refractivity contribution in [2.75, 3.05) is 36.5 Å². The van der Waals surface area contributed by atoms with E-state index in [0.717, 1.165) is 24.5 Å². The van der Waals surface area contributed by atoms with Crippen molar-refractivity contribution >= 4 is 28.2 Å². The summed E-state index contributed by atoms with van der Waals surface area (Å²) in [6.07, 6.45) is 3.14. The highest BCUT2D eigenvalue weighted by atomic mass is 19.1. The molecule has 9 heteroatoms. The van der Waals surface area contributed by atoms with Crippen molar-refractivity contribution in [2.24, 2.45) is 7.05 Å². The number of nitrogens with zero attached hydrogens (tertiary/aromatic N) is 4. The number of para-hydroxylation sites is 2. The van der Waals surface area contributed by atoms with Crippen LogP contribution in [0.5, 0.6) is 0 Å². The Morgan fingerprint density at radius 3 is 2.74 bits per heavy atom. The number of morpholine rings is 1. The standard InChI is InChI=1S/C22H21FN6O2/c1-28-20-17(7-6-15(19(20)23)14-12-24-25-13-14)27-21(22(28)30)26-16-4-2-3-5-18(16)29-8-10-31-11-9-29/h2-7,12-13H,8-11H2,1H3,(H,24,25)(H,26,27). The summed E-state index contributed by atoms with van der Waals surface area (Å²) < 4.78 is 22.0. The normalized spacial score (nSPS) is 14.2. The van der Waals surface area contributed by atoms with E-state index >= 15 is 4.39 Å². The van der Waals surface area contributed by atoms with Crippen LogP contribution in [0.3, 0.4) is 0 Å². The molecule has 1 aliphatic heterocycles. The van der Waals surface area contributed by atoms with Crippen molar-refractivity contribution in [3.8, 4) is 11.1 Å². The molecule has 1 aliphatic rings. The van der Waals surface area contributed by atoms with Crippen LogP contribution in [0.25, 0.3) is 22.2 Å². The first-order valence-corrected chi connectivity index (χ1v) is 10.0. The molecule has 0 unspecified atom stereocenters. The summed E-state index contributed by atoms with van der Waals surface area (Å²) in [6, 6.07) is 11.1. The summed E-state index contributed by atoms with van der Waals surface area (Å²) in [4.78, 5) is 19.7. The van der Waals surface area contributed by atoms with Crippen LogP contribution < -0.4 is 15.8 Å². The van der Waals surface area contributed by atoms with E-state index in [4.69, 9.17) is 4.74 Å². The number of aryl methyl sites for hydroxylation is 1. The van der Waals surface area contributed by atoms with Gasteiger partial charge in [0, 0.05) is 37.5 Å². The van der Waals surface area contributed by atoms with E-state index in [1.54, 1.807) is 25.4 Å². The third kappa shape index (κ3) is 3.42. The van der Waals surface area contributed by atoms with Crippen LogP contribution in [0, 0.1) is 5.82 Å². The molecule has 0 atom stereocenters. The first kappa shape index (κ1) is 19.3. The molecule has 0 amide bonds. The highest BCUT2D eigenvalue weighted by Gasteiger charge is 2.19. The predicted octanol–water partition coefficient (Wildman–Crippen LogP) is 3.04. The second-order valence-corrected chi connectivity index (χ2v) is 7.35. The molecular weight excluding hydrogens is 399 g/mol. The van der Waals surface area contributed by atoms with E-state index in [0.29, 0.717) is 29.9 Å². The summed E-state index contributed by atoms with van der Waals surface area (Å²) in [5.74, 6) is -0.363. The average molecular weight is 420 g/mol. The Hall–Kier alpha value is -3.72. The number of nitrogens with one attached hydrogen (secondary N) is 2. The first-order chi connectivity index (χ1) is 15.1. The number of hydrogen-bond acceptors (Lipinski definition) is 6. The van der Waals surface area contributed by atoms with Crippen molar-refractivity contribution in [1.29, 1.82) is 0 Å². The van der Waals surface area contributed by atoms with Crippen molar-refractivity contribution in [2.45, 2.75) is 0 Å². The second kappa shape index (κ2) is 7.84. The van der Waals surface area contributed by atoms with Gasteiger partial charge in [-0.15, -0.1) is 0 Å². The predicted molar refractivity (Wildman–Crippen MR) is 117 cm³/mol. The van der Waals surface area contributed by atoms with Crippen molar-refractivity contribution in [3.05, 3.63) is 65.0 Å². The minimum absolute atomic E-state index is 0.145. The topological polar surface area (TPSA) is 88.1 Å². The maximum atomic E-state index is 15.3. The molecule has 31 heavy (non-hydrogen) atoms. The van der Waals surface area contributed by atoms with Crippen LogP contribution in [0.4, 0.5) is 21.6 Å². The smallest absolute Gasteiger partial charge is 0.293 e. The number of H-pyrrole nitrogens is 1. The van der Waals surface area contributed by atoms with Gasteiger partial charge < -0.3 is 19.5 Å². The lowest BCUT2D eigenvalue weighted by atomic mass is 10.1. The Morgan fingerprint density at radius 2 is 1.97 bits per heavy atom. The van der Waals surface area contributed by atoms with Crippen LogP contribution in [-0.4, -0.2) is 46.1 Å². The van der Waals surface area contributed by atoms with Crippen molar-refractivity contribution in [1.82, 2.24) is 19.7 Å². The molecule has 5 rings (SSSR count). The van der Waals surface area contributed by atoms with Gasteiger partial charge in [-0.05, 0) is 24.3 Å². The number of halogens is 1. The Kier molecular flexibility index (Phi) is 4.87. The summed E-state index contributed by atoms with van der Waals surface area (Å²) in [5, 5.41) is 9.71. The molecule has 1 saturated heterocycles. The highest BCUT2D eigenvalue weighted by molar-refractivity contribution is 5.84. The Bertz CT molecular complexity index is 1300. The third-order valence-electron chi connectivity index (χ3n) is 5.49.